The van der Waals surface area contributed by atoms with Gasteiger partial charge in [0.25, 0.3) is 0 Å². The van der Waals surface area contributed by atoms with Crippen molar-refractivity contribution in [2.45, 2.75) is 37.8 Å². The lowest BCUT2D eigenvalue weighted by Crippen LogP contribution is -2.44. The Morgan fingerprint density at radius 1 is 1.32 bits per heavy atom. The summed E-state index contributed by atoms with van der Waals surface area (Å²) >= 11 is 11.9. The van der Waals surface area contributed by atoms with Gasteiger partial charge in [-0.3, -0.25) is 9.69 Å². The largest absolute Gasteiger partial charge is 0.481 e. The van der Waals surface area contributed by atoms with E-state index in [0.29, 0.717) is 48.8 Å². The van der Waals surface area contributed by atoms with E-state index in [1.54, 1.807) is 6.07 Å². The Morgan fingerprint density at radius 2 is 1.95 bits per heavy atom. The number of hydrogen-bond donors (Lipinski definition) is 2. The molecule has 1 aliphatic carbocycles. The van der Waals surface area contributed by atoms with Crippen molar-refractivity contribution in [2.24, 2.45) is 5.92 Å². The fourth-order valence-electron chi connectivity index (χ4n) is 3.07. The number of nitrogens with zero attached hydrogens (tertiary/aromatic N) is 1. The van der Waals surface area contributed by atoms with Crippen molar-refractivity contribution in [1.29, 1.82) is 0 Å². The van der Waals surface area contributed by atoms with Crippen LogP contribution in [-0.2, 0) is 11.3 Å². The van der Waals surface area contributed by atoms with E-state index in [2.05, 4.69) is 0 Å². The number of carboxylic acid groups (broad SMARTS) is 1. The van der Waals surface area contributed by atoms with E-state index in [4.69, 9.17) is 28.3 Å². The molecule has 2 N–H and O–H groups in total. The summed E-state index contributed by atoms with van der Waals surface area (Å²) in [7, 11) is 1.93. The predicted octanol–water partition coefficient (Wildman–Crippen LogP) is 3.43. The SMILES string of the molecule is CN(Cc1ccc(Cl)c(Cl)c1)CC1(O)CCC(C(=O)O)CC1. The van der Waals surface area contributed by atoms with Crippen molar-refractivity contribution in [3.8, 4) is 0 Å². The molecule has 2 rings (SSSR count). The topological polar surface area (TPSA) is 60.8 Å². The molecule has 1 aliphatic rings. The summed E-state index contributed by atoms with van der Waals surface area (Å²) in [6.07, 6.45) is 2.12. The number of aliphatic carboxylic acids is 1. The van der Waals surface area contributed by atoms with Gasteiger partial charge < -0.3 is 10.2 Å². The summed E-state index contributed by atoms with van der Waals surface area (Å²) < 4.78 is 0. The summed E-state index contributed by atoms with van der Waals surface area (Å²) in [5, 5.41) is 20.7. The summed E-state index contributed by atoms with van der Waals surface area (Å²) in [6.45, 7) is 1.17. The molecule has 0 unspecified atom stereocenters. The number of halogens is 2. The monoisotopic (exact) mass is 345 g/mol. The maximum atomic E-state index is 11.0. The fourth-order valence-corrected chi connectivity index (χ4v) is 3.39. The highest BCUT2D eigenvalue weighted by Crippen LogP contribution is 2.33. The Balaban J connectivity index is 1.90. The second-order valence-electron chi connectivity index (χ2n) is 6.26. The average molecular weight is 346 g/mol. The van der Waals surface area contributed by atoms with Crippen LogP contribution >= 0.6 is 23.2 Å². The van der Waals surface area contributed by atoms with Crippen molar-refractivity contribution < 1.29 is 15.0 Å². The van der Waals surface area contributed by atoms with E-state index in [1.165, 1.54) is 0 Å². The van der Waals surface area contributed by atoms with Crippen molar-refractivity contribution >= 4 is 29.2 Å². The van der Waals surface area contributed by atoms with Crippen LogP contribution in [0.15, 0.2) is 18.2 Å². The highest BCUT2D eigenvalue weighted by atomic mass is 35.5. The number of hydrogen-bond acceptors (Lipinski definition) is 3. The molecular weight excluding hydrogens is 325 g/mol. The fraction of sp³-hybridized carbons (Fsp3) is 0.562. The van der Waals surface area contributed by atoms with Gasteiger partial charge in [0.2, 0.25) is 0 Å². The van der Waals surface area contributed by atoms with Crippen molar-refractivity contribution in [3.63, 3.8) is 0 Å². The molecule has 0 saturated heterocycles. The quantitative estimate of drug-likeness (QED) is 0.858. The molecule has 0 aliphatic heterocycles. The summed E-state index contributed by atoms with van der Waals surface area (Å²) in [4.78, 5) is 13.0. The molecule has 0 aromatic heterocycles. The third-order valence-electron chi connectivity index (χ3n) is 4.27. The Hall–Kier alpha value is -0.810. The standard InChI is InChI=1S/C16H21Cl2NO3/c1-19(9-11-2-3-13(17)14(18)8-11)10-16(22)6-4-12(5-7-16)15(20)21/h2-3,8,12,22H,4-7,9-10H2,1H3,(H,20,21). The number of carbonyl (C=O) groups is 1. The molecule has 0 spiro atoms. The molecule has 0 heterocycles. The van der Waals surface area contributed by atoms with Crippen LogP contribution in [0.2, 0.25) is 10.0 Å². The van der Waals surface area contributed by atoms with Crippen LogP contribution in [0.5, 0.6) is 0 Å². The highest BCUT2D eigenvalue weighted by Gasteiger charge is 2.36. The third kappa shape index (κ3) is 4.59. The van der Waals surface area contributed by atoms with Crippen molar-refractivity contribution in [1.82, 2.24) is 4.90 Å². The van der Waals surface area contributed by atoms with Gasteiger partial charge in [-0.1, -0.05) is 29.3 Å². The normalized spacial score (nSPS) is 25.4. The highest BCUT2D eigenvalue weighted by molar-refractivity contribution is 6.42. The Kier molecular flexibility index (Phi) is 5.72. The zero-order chi connectivity index (χ0) is 16.3. The first-order valence-electron chi connectivity index (χ1n) is 7.37. The second-order valence-corrected chi connectivity index (χ2v) is 7.07. The molecule has 122 valence electrons. The first-order valence-corrected chi connectivity index (χ1v) is 8.12. The first-order chi connectivity index (χ1) is 10.3. The van der Waals surface area contributed by atoms with Gasteiger partial charge in [0.15, 0.2) is 0 Å². The molecule has 1 fully saturated rings. The zero-order valence-electron chi connectivity index (χ0n) is 12.6. The lowest BCUT2D eigenvalue weighted by atomic mass is 9.78. The molecule has 0 atom stereocenters. The van der Waals surface area contributed by atoms with Gasteiger partial charge in [-0.2, -0.15) is 0 Å². The van der Waals surface area contributed by atoms with Gasteiger partial charge in [0, 0.05) is 13.1 Å². The van der Waals surface area contributed by atoms with E-state index in [9.17, 15) is 9.90 Å². The molecule has 0 radical (unpaired) electrons. The maximum Gasteiger partial charge on any atom is 0.306 e. The van der Waals surface area contributed by atoms with Crippen LogP contribution in [0.25, 0.3) is 0 Å². The van der Waals surface area contributed by atoms with Crippen LogP contribution in [-0.4, -0.2) is 40.3 Å². The number of benzene rings is 1. The molecule has 0 amide bonds. The number of likely N-dealkylation sites (N-methyl/N-ethyl adjacent to an activating group) is 1. The second kappa shape index (κ2) is 7.18. The van der Waals surface area contributed by atoms with Crippen LogP contribution in [0.1, 0.15) is 31.2 Å². The van der Waals surface area contributed by atoms with Crippen molar-refractivity contribution in [2.75, 3.05) is 13.6 Å². The Bertz CT molecular complexity index is 542. The average Bonchev–Trinajstić information content (AvgIpc) is 2.42. The molecular formula is C16H21Cl2NO3. The predicted molar refractivity (Wildman–Crippen MR) is 87.3 cm³/mol. The van der Waals surface area contributed by atoms with Gasteiger partial charge in [0.05, 0.1) is 21.6 Å². The molecule has 22 heavy (non-hydrogen) atoms. The Morgan fingerprint density at radius 3 is 2.50 bits per heavy atom. The van der Waals surface area contributed by atoms with Gasteiger partial charge in [-0.15, -0.1) is 0 Å². The molecule has 1 aromatic rings. The summed E-state index contributed by atoms with van der Waals surface area (Å²) in [6, 6.07) is 5.50. The van der Waals surface area contributed by atoms with Crippen LogP contribution in [0, 0.1) is 5.92 Å². The lowest BCUT2D eigenvalue weighted by molar-refractivity contribution is -0.145. The van der Waals surface area contributed by atoms with E-state index in [0.717, 1.165) is 5.56 Å². The zero-order valence-corrected chi connectivity index (χ0v) is 14.1. The number of carboxylic acids is 1. The van der Waals surface area contributed by atoms with E-state index < -0.39 is 11.6 Å². The number of aliphatic hydroxyl groups is 1. The first kappa shape index (κ1) is 17.5. The van der Waals surface area contributed by atoms with E-state index in [-0.39, 0.29) is 5.92 Å². The molecule has 0 bridgehead atoms. The van der Waals surface area contributed by atoms with Gasteiger partial charge >= 0.3 is 5.97 Å². The van der Waals surface area contributed by atoms with Crippen molar-refractivity contribution in [3.05, 3.63) is 33.8 Å². The lowest BCUT2D eigenvalue weighted by Gasteiger charge is -2.37. The molecule has 1 aromatic carbocycles. The van der Waals surface area contributed by atoms with Crippen LogP contribution in [0.3, 0.4) is 0 Å². The number of rotatable bonds is 5. The van der Waals surface area contributed by atoms with E-state index >= 15 is 0 Å². The smallest absolute Gasteiger partial charge is 0.306 e. The molecule has 6 heteroatoms. The van der Waals surface area contributed by atoms with Crippen LogP contribution in [0.4, 0.5) is 0 Å². The van der Waals surface area contributed by atoms with Gasteiger partial charge in [-0.25, -0.2) is 0 Å². The Labute approximate surface area is 140 Å². The maximum absolute atomic E-state index is 11.0. The van der Waals surface area contributed by atoms with Gasteiger partial charge in [0.1, 0.15) is 0 Å². The third-order valence-corrected chi connectivity index (χ3v) is 5.01. The summed E-state index contributed by atoms with van der Waals surface area (Å²) in [5.41, 5.74) is 0.219. The van der Waals surface area contributed by atoms with Gasteiger partial charge in [-0.05, 0) is 50.4 Å². The summed E-state index contributed by atoms with van der Waals surface area (Å²) in [5.74, 6) is -1.08. The minimum Gasteiger partial charge on any atom is -0.481 e. The van der Waals surface area contributed by atoms with E-state index in [1.807, 2.05) is 24.1 Å². The molecule has 1 saturated carbocycles. The minimum absolute atomic E-state index is 0.319. The van der Waals surface area contributed by atoms with Crippen LogP contribution < -0.4 is 0 Å². The molecule has 4 nitrogen and oxygen atoms in total. The minimum atomic E-state index is -0.809.